The molecule has 0 amide bonds. The number of nitrogens with one attached hydrogen (secondary N) is 1. The van der Waals surface area contributed by atoms with Gasteiger partial charge in [-0.05, 0) is 71.6 Å². The van der Waals surface area contributed by atoms with Crippen LogP contribution in [0.3, 0.4) is 0 Å². The minimum atomic E-state index is -0.504. The summed E-state index contributed by atoms with van der Waals surface area (Å²) in [5.41, 5.74) is 3.29. The summed E-state index contributed by atoms with van der Waals surface area (Å²) >= 11 is 6.76. The van der Waals surface area contributed by atoms with Gasteiger partial charge in [0, 0.05) is 37.8 Å². The number of fused-ring (bicyclic) bond motifs is 1. The second kappa shape index (κ2) is 10.5. The minimum Gasteiger partial charge on any atom is -0.311 e. The van der Waals surface area contributed by atoms with Crippen LogP contribution in [0.15, 0.2) is 35.3 Å². The predicted octanol–water partition coefficient (Wildman–Crippen LogP) is 7.22. The monoisotopic (exact) mass is 483 g/mol. The van der Waals surface area contributed by atoms with Gasteiger partial charge < -0.3 is 5.32 Å². The van der Waals surface area contributed by atoms with Crippen molar-refractivity contribution in [3.05, 3.63) is 63.7 Å². The molecule has 34 heavy (non-hydrogen) atoms. The SMILES string of the molecule is C=Nc1c(CN2CCNC(CCC)C2)cc(Cl)c(-c2cc(C)cc3ccc(F)c(CC)c23)c1F. The van der Waals surface area contributed by atoms with Crippen molar-refractivity contribution >= 4 is 34.8 Å². The summed E-state index contributed by atoms with van der Waals surface area (Å²) < 4.78 is 30.8. The first-order valence-electron chi connectivity index (χ1n) is 12.0. The van der Waals surface area contributed by atoms with Crippen molar-refractivity contribution in [1.29, 1.82) is 0 Å². The lowest BCUT2D eigenvalue weighted by atomic mass is 9.90. The molecule has 1 N–H and O–H groups in total. The molecule has 0 saturated carbocycles. The maximum absolute atomic E-state index is 16.1. The van der Waals surface area contributed by atoms with Gasteiger partial charge >= 0.3 is 0 Å². The van der Waals surface area contributed by atoms with Gasteiger partial charge in [0.25, 0.3) is 0 Å². The van der Waals surface area contributed by atoms with Crippen LogP contribution in [0, 0.1) is 18.6 Å². The van der Waals surface area contributed by atoms with Gasteiger partial charge in [0.1, 0.15) is 11.5 Å². The van der Waals surface area contributed by atoms with Crippen LogP contribution in [0.4, 0.5) is 14.5 Å². The maximum atomic E-state index is 16.1. The third-order valence-electron chi connectivity index (χ3n) is 6.74. The lowest BCUT2D eigenvalue weighted by Crippen LogP contribution is -2.50. The molecule has 1 unspecified atom stereocenters. The first kappa shape index (κ1) is 24.8. The zero-order valence-corrected chi connectivity index (χ0v) is 20.9. The summed E-state index contributed by atoms with van der Waals surface area (Å²) in [5, 5.41) is 5.41. The molecular formula is C28H32ClF2N3. The standard InChI is InChI=1S/C28H32ClF2N3/c1-5-7-20-16-34(11-10-33-20)15-19-14-23(29)26(27(31)28(19)32-4)22-13-17(3)12-18-8-9-24(30)21(6-2)25(18)22/h8-9,12-14,20,33H,4-7,10-11,15-16H2,1-3H3. The molecule has 1 aliphatic rings. The number of hydrogen-bond acceptors (Lipinski definition) is 3. The number of aliphatic imine (C=N–C) groups is 1. The molecule has 180 valence electrons. The Bertz CT molecular complexity index is 1220. The Labute approximate surface area is 205 Å². The van der Waals surface area contributed by atoms with Gasteiger partial charge in [0.2, 0.25) is 0 Å². The van der Waals surface area contributed by atoms with E-state index >= 15 is 4.39 Å². The topological polar surface area (TPSA) is 27.6 Å². The average Bonchev–Trinajstić information content (AvgIpc) is 2.80. The number of nitrogens with zero attached hydrogens (tertiary/aromatic N) is 2. The zero-order valence-electron chi connectivity index (χ0n) is 20.1. The van der Waals surface area contributed by atoms with Crippen LogP contribution >= 0.6 is 11.6 Å². The number of halogens is 3. The van der Waals surface area contributed by atoms with Gasteiger partial charge in [-0.2, -0.15) is 0 Å². The van der Waals surface area contributed by atoms with Crippen molar-refractivity contribution in [2.24, 2.45) is 4.99 Å². The van der Waals surface area contributed by atoms with Crippen molar-refractivity contribution in [1.82, 2.24) is 10.2 Å². The van der Waals surface area contributed by atoms with Gasteiger partial charge in [-0.1, -0.05) is 50.1 Å². The number of benzene rings is 3. The molecule has 1 aliphatic heterocycles. The maximum Gasteiger partial charge on any atom is 0.158 e. The summed E-state index contributed by atoms with van der Waals surface area (Å²) in [5.74, 6) is -0.799. The quantitative estimate of drug-likeness (QED) is 0.359. The minimum absolute atomic E-state index is 0.217. The Hall–Kier alpha value is -2.34. The van der Waals surface area contributed by atoms with Crippen LogP contribution in [-0.4, -0.2) is 37.3 Å². The molecule has 0 bridgehead atoms. The Morgan fingerprint density at radius 2 is 2.00 bits per heavy atom. The van der Waals surface area contributed by atoms with E-state index in [0.29, 0.717) is 40.5 Å². The smallest absolute Gasteiger partial charge is 0.158 e. The van der Waals surface area contributed by atoms with Gasteiger partial charge in [0.05, 0.1) is 5.02 Å². The Morgan fingerprint density at radius 3 is 2.71 bits per heavy atom. The third-order valence-corrected chi connectivity index (χ3v) is 7.03. The molecule has 6 heteroatoms. The second-order valence-electron chi connectivity index (χ2n) is 9.18. The number of rotatable bonds is 7. The van der Waals surface area contributed by atoms with Crippen molar-refractivity contribution < 1.29 is 8.78 Å². The fraction of sp³-hybridized carbons (Fsp3) is 0.393. The van der Waals surface area contributed by atoms with Crippen LogP contribution in [-0.2, 0) is 13.0 Å². The lowest BCUT2D eigenvalue weighted by Gasteiger charge is -2.34. The molecule has 1 saturated heterocycles. The van der Waals surface area contributed by atoms with Crippen LogP contribution in [0.5, 0.6) is 0 Å². The fourth-order valence-electron chi connectivity index (χ4n) is 5.23. The van der Waals surface area contributed by atoms with E-state index in [1.54, 1.807) is 12.1 Å². The van der Waals surface area contributed by atoms with E-state index in [0.717, 1.165) is 49.0 Å². The lowest BCUT2D eigenvalue weighted by molar-refractivity contribution is 0.187. The van der Waals surface area contributed by atoms with Gasteiger partial charge in [-0.25, -0.2) is 8.78 Å². The molecule has 1 fully saturated rings. The molecule has 3 aromatic rings. The van der Waals surface area contributed by atoms with E-state index in [-0.39, 0.29) is 17.1 Å². The van der Waals surface area contributed by atoms with E-state index in [4.69, 9.17) is 11.6 Å². The molecule has 4 rings (SSSR count). The highest BCUT2D eigenvalue weighted by Gasteiger charge is 2.25. The summed E-state index contributed by atoms with van der Waals surface area (Å²) in [7, 11) is 0. The zero-order chi connectivity index (χ0) is 24.4. The summed E-state index contributed by atoms with van der Waals surface area (Å²) in [6.07, 6.45) is 2.71. The predicted molar refractivity (Wildman–Crippen MR) is 140 cm³/mol. The van der Waals surface area contributed by atoms with Crippen LogP contribution in [0.25, 0.3) is 21.9 Å². The number of aryl methyl sites for hydroxylation is 2. The van der Waals surface area contributed by atoms with Gasteiger partial charge in [0.15, 0.2) is 5.82 Å². The first-order chi connectivity index (χ1) is 16.4. The molecule has 1 heterocycles. The Morgan fingerprint density at radius 1 is 1.21 bits per heavy atom. The molecule has 0 spiro atoms. The van der Waals surface area contributed by atoms with Crippen molar-refractivity contribution in [3.8, 4) is 11.1 Å². The number of hydrogen-bond donors (Lipinski definition) is 1. The average molecular weight is 484 g/mol. The van der Waals surface area contributed by atoms with Crippen LogP contribution in [0.1, 0.15) is 43.4 Å². The molecule has 0 aromatic heterocycles. The molecular weight excluding hydrogens is 452 g/mol. The summed E-state index contributed by atoms with van der Waals surface area (Å²) in [4.78, 5) is 6.39. The molecule has 0 radical (unpaired) electrons. The molecule has 3 aromatic carbocycles. The van der Waals surface area contributed by atoms with E-state index < -0.39 is 5.82 Å². The third kappa shape index (κ3) is 4.74. The molecule has 0 aliphatic carbocycles. The van der Waals surface area contributed by atoms with Gasteiger partial charge in [-0.3, -0.25) is 9.89 Å². The van der Waals surface area contributed by atoms with Crippen LogP contribution in [0.2, 0.25) is 5.02 Å². The summed E-state index contributed by atoms with van der Waals surface area (Å²) in [6, 6.07) is 9.32. The Balaban J connectivity index is 1.83. The highest BCUT2D eigenvalue weighted by Crippen LogP contribution is 2.43. The van der Waals surface area contributed by atoms with Crippen LogP contribution < -0.4 is 5.32 Å². The van der Waals surface area contributed by atoms with E-state index in [1.165, 1.54) is 6.07 Å². The normalized spacial score (nSPS) is 16.8. The Kier molecular flexibility index (Phi) is 7.66. The second-order valence-corrected chi connectivity index (χ2v) is 9.59. The van der Waals surface area contributed by atoms with Crippen molar-refractivity contribution in [3.63, 3.8) is 0 Å². The number of piperazine rings is 1. The van der Waals surface area contributed by atoms with E-state index in [9.17, 15) is 4.39 Å². The fourth-order valence-corrected chi connectivity index (χ4v) is 5.54. The van der Waals surface area contributed by atoms with E-state index in [2.05, 4.69) is 28.9 Å². The highest BCUT2D eigenvalue weighted by molar-refractivity contribution is 6.34. The largest absolute Gasteiger partial charge is 0.311 e. The summed E-state index contributed by atoms with van der Waals surface area (Å²) in [6.45, 7) is 12.9. The van der Waals surface area contributed by atoms with Gasteiger partial charge in [-0.15, -0.1) is 0 Å². The highest BCUT2D eigenvalue weighted by atomic mass is 35.5. The van der Waals surface area contributed by atoms with Crippen molar-refractivity contribution in [2.75, 3.05) is 19.6 Å². The molecule has 3 nitrogen and oxygen atoms in total. The molecule has 1 atom stereocenters. The first-order valence-corrected chi connectivity index (χ1v) is 12.4. The van der Waals surface area contributed by atoms with Crippen molar-refractivity contribution in [2.45, 2.75) is 52.6 Å². The van der Waals surface area contributed by atoms with E-state index in [1.807, 2.05) is 26.0 Å².